The van der Waals surface area contributed by atoms with Crippen molar-refractivity contribution in [2.45, 2.75) is 6.43 Å². The van der Waals surface area contributed by atoms with Gasteiger partial charge in [0.15, 0.2) is 11.4 Å². The summed E-state index contributed by atoms with van der Waals surface area (Å²) in [5, 5.41) is 8.06. The fourth-order valence-corrected chi connectivity index (χ4v) is 1.04. The minimum Gasteiger partial charge on any atom is -0.505 e. The molecule has 0 amide bonds. The van der Waals surface area contributed by atoms with Crippen LogP contribution in [0.1, 0.15) is 22.5 Å². The van der Waals surface area contributed by atoms with Crippen molar-refractivity contribution in [3.63, 3.8) is 0 Å². The molecule has 7 heteroatoms. The lowest BCUT2D eigenvalue weighted by molar-refractivity contribution is 0.107. The first-order valence-corrected chi connectivity index (χ1v) is 3.78. The summed E-state index contributed by atoms with van der Waals surface area (Å²) in [5.41, 5.74) is 3.29. The van der Waals surface area contributed by atoms with Gasteiger partial charge in [-0.25, -0.2) is 13.8 Å². The number of nitrogen functional groups attached to an aromatic ring is 1. The zero-order chi connectivity index (χ0) is 10.9. The zero-order valence-corrected chi connectivity index (χ0v) is 7.42. The van der Waals surface area contributed by atoms with Crippen LogP contribution in [0.15, 0.2) is 6.20 Å². The highest BCUT2D eigenvalue weighted by atomic mass is 35.5. The molecule has 4 nitrogen and oxygen atoms in total. The quantitative estimate of drug-likeness (QED) is 0.747. The Hall–Kier alpha value is -1.43. The zero-order valence-electron chi connectivity index (χ0n) is 6.67. The van der Waals surface area contributed by atoms with Crippen LogP contribution in [-0.4, -0.2) is 15.3 Å². The smallest absolute Gasteiger partial charge is 0.274 e. The van der Waals surface area contributed by atoms with E-state index in [-0.39, 0.29) is 5.69 Å². The molecule has 0 saturated carbocycles. The molecule has 0 atom stereocenters. The summed E-state index contributed by atoms with van der Waals surface area (Å²) < 4.78 is 24.6. The van der Waals surface area contributed by atoms with Crippen LogP contribution >= 0.6 is 11.6 Å². The summed E-state index contributed by atoms with van der Waals surface area (Å²) in [6.45, 7) is 0. The van der Waals surface area contributed by atoms with E-state index in [4.69, 9.17) is 17.3 Å². The Kier molecular flexibility index (Phi) is 2.85. The molecule has 1 aromatic rings. The molecule has 1 aromatic heterocycles. The third-order valence-electron chi connectivity index (χ3n) is 1.53. The number of nitrogens with zero attached hydrogens (tertiary/aromatic N) is 1. The van der Waals surface area contributed by atoms with E-state index in [0.29, 0.717) is 0 Å². The van der Waals surface area contributed by atoms with Gasteiger partial charge in [-0.05, 0) is 11.6 Å². The third kappa shape index (κ3) is 1.74. The second-order valence-corrected chi connectivity index (χ2v) is 2.74. The molecule has 14 heavy (non-hydrogen) atoms. The van der Waals surface area contributed by atoms with Crippen molar-refractivity contribution in [1.82, 2.24) is 4.98 Å². The number of hydrogen-bond acceptors (Lipinski definition) is 4. The molecule has 1 rings (SSSR count). The molecule has 0 aliphatic heterocycles. The number of aromatic hydroxyl groups is 1. The maximum Gasteiger partial charge on any atom is 0.274 e. The molecule has 0 saturated heterocycles. The first kappa shape index (κ1) is 10.6. The van der Waals surface area contributed by atoms with Crippen LogP contribution in [-0.2, 0) is 0 Å². The summed E-state index contributed by atoms with van der Waals surface area (Å²) in [6, 6.07) is 0. The van der Waals surface area contributed by atoms with E-state index in [0.717, 1.165) is 6.20 Å². The van der Waals surface area contributed by atoms with Crippen molar-refractivity contribution in [3.05, 3.63) is 17.5 Å². The van der Waals surface area contributed by atoms with Crippen LogP contribution in [0.3, 0.4) is 0 Å². The monoisotopic (exact) mass is 222 g/mol. The first-order chi connectivity index (χ1) is 6.45. The van der Waals surface area contributed by atoms with Crippen molar-refractivity contribution >= 4 is 22.5 Å². The minimum absolute atomic E-state index is 0.390. The van der Waals surface area contributed by atoms with Gasteiger partial charge in [0, 0.05) is 0 Å². The van der Waals surface area contributed by atoms with E-state index in [1.807, 2.05) is 0 Å². The fraction of sp³-hybridized carbons (Fsp3) is 0.143. The second-order valence-electron chi connectivity index (χ2n) is 2.40. The number of rotatable bonds is 2. The van der Waals surface area contributed by atoms with Crippen LogP contribution in [0.5, 0.6) is 5.75 Å². The van der Waals surface area contributed by atoms with Crippen molar-refractivity contribution in [2.75, 3.05) is 5.73 Å². The average molecular weight is 223 g/mol. The highest BCUT2D eigenvalue weighted by molar-refractivity contribution is 6.67. The highest BCUT2D eigenvalue weighted by Crippen LogP contribution is 2.34. The molecule has 0 aliphatic rings. The largest absolute Gasteiger partial charge is 0.505 e. The lowest BCUT2D eigenvalue weighted by Crippen LogP contribution is -2.03. The molecule has 0 aromatic carbocycles. The maximum absolute atomic E-state index is 12.3. The Labute approximate surface area is 82.3 Å². The number of nitrogens with two attached hydrogens (primary N) is 1. The summed E-state index contributed by atoms with van der Waals surface area (Å²) in [5.74, 6) is -0.972. The standard InChI is InChI=1S/C7H5ClF2N2O2/c8-6(14)4-5(13)3(7(9)10)2(11)1-12-4/h1,7,13H,11H2. The molecule has 0 fully saturated rings. The van der Waals surface area contributed by atoms with Crippen LogP contribution in [0, 0.1) is 0 Å². The predicted octanol–water partition coefficient (Wildman–Crippen LogP) is 1.69. The highest BCUT2D eigenvalue weighted by Gasteiger charge is 2.22. The average Bonchev–Trinajstić information content (AvgIpc) is 2.02. The topological polar surface area (TPSA) is 76.2 Å². The van der Waals surface area contributed by atoms with Gasteiger partial charge in [-0.15, -0.1) is 0 Å². The first-order valence-electron chi connectivity index (χ1n) is 3.40. The van der Waals surface area contributed by atoms with Gasteiger partial charge in [-0.2, -0.15) is 0 Å². The lowest BCUT2D eigenvalue weighted by atomic mass is 10.2. The number of hydrogen-bond donors (Lipinski definition) is 2. The van der Waals surface area contributed by atoms with Gasteiger partial charge in [0.2, 0.25) is 0 Å². The van der Waals surface area contributed by atoms with Crippen LogP contribution < -0.4 is 5.73 Å². The van der Waals surface area contributed by atoms with Crippen molar-refractivity contribution in [3.8, 4) is 5.75 Å². The summed E-state index contributed by atoms with van der Waals surface area (Å²) >= 11 is 4.99. The van der Waals surface area contributed by atoms with E-state index in [1.165, 1.54) is 0 Å². The van der Waals surface area contributed by atoms with Gasteiger partial charge in [0.1, 0.15) is 0 Å². The van der Waals surface area contributed by atoms with E-state index in [1.54, 1.807) is 0 Å². The van der Waals surface area contributed by atoms with Gasteiger partial charge in [-0.1, -0.05) is 0 Å². The van der Waals surface area contributed by atoms with E-state index in [2.05, 4.69) is 4.98 Å². The summed E-state index contributed by atoms with van der Waals surface area (Å²) in [4.78, 5) is 13.9. The molecule has 0 bridgehead atoms. The van der Waals surface area contributed by atoms with Crippen LogP contribution in [0.2, 0.25) is 0 Å². The Balaban J connectivity index is 3.41. The van der Waals surface area contributed by atoms with Gasteiger partial charge >= 0.3 is 0 Å². The molecule has 3 N–H and O–H groups in total. The number of carbonyl (C=O) groups is 1. The molecule has 0 radical (unpaired) electrons. The number of aromatic nitrogens is 1. The molecule has 0 aliphatic carbocycles. The van der Waals surface area contributed by atoms with Crippen molar-refractivity contribution < 1.29 is 18.7 Å². The fourth-order valence-electron chi connectivity index (χ4n) is 0.902. The number of halogens is 3. The lowest BCUT2D eigenvalue weighted by Gasteiger charge is -2.08. The third-order valence-corrected chi connectivity index (χ3v) is 1.71. The van der Waals surface area contributed by atoms with E-state index >= 15 is 0 Å². The van der Waals surface area contributed by atoms with Crippen molar-refractivity contribution in [2.24, 2.45) is 0 Å². The van der Waals surface area contributed by atoms with E-state index in [9.17, 15) is 18.7 Å². The number of alkyl halides is 2. The number of anilines is 1. The van der Waals surface area contributed by atoms with Gasteiger partial charge in [0.25, 0.3) is 11.7 Å². The van der Waals surface area contributed by atoms with E-state index < -0.39 is 28.7 Å². The minimum atomic E-state index is -2.99. The van der Waals surface area contributed by atoms with Crippen molar-refractivity contribution in [1.29, 1.82) is 0 Å². The molecule has 1 heterocycles. The van der Waals surface area contributed by atoms with Crippen LogP contribution in [0.4, 0.5) is 14.5 Å². The van der Waals surface area contributed by atoms with Gasteiger partial charge in [-0.3, -0.25) is 4.79 Å². The predicted molar refractivity (Wildman–Crippen MR) is 45.5 cm³/mol. The molecular weight excluding hydrogens is 218 g/mol. The van der Waals surface area contributed by atoms with Gasteiger partial charge in [0.05, 0.1) is 17.4 Å². The maximum atomic E-state index is 12.3. The Morgan fingerprint density at radius 3 is 2.64 bits per heavy atom. The Morgan fingerprint density at radius 1 is 1.64 bits per heavy atom. The molecule has 0 unspecified atom stereocenters. The normalized spacial score (nSPS) is 10.6. The van der Waals surface area contributed by atoms with Crippen LogP contribution in [0.25, 0.3) is 0 Å². The summed E-state index contributed by atoms with van der Waals surface area (Å²) in [6.07, 6.45) is -2.15. The molecule has 76 valence electrons. The number of pyridine rings is 1. The van der Waals surface area contributed by atoms with Gasteiger partial charge < -0.3 is 10.8 Å². The molecular formula is C7H5ClF2N2O2. The molecule has 0 spiro atoms. The Morgan fingerprint density at radius 2 is 2.21 bits per heavy atom. The Bertz CT molecular complexity index is 384. The summed E-state index contributed by atoms with van der Waals surface area (Å²) in [7, 11) is 0. The second kappa shape index (κ2) is 3.75. The number of carbonyl (C=O) groups excluding carboxylic acids is 1. The SMILES string of the molecule is Nc1cnc(C(=O)Cl)c(O)c1C(F)F.